The summed E-state index contributed by atoms with van der Waals surface area (Å²) in [4.78, 5) is 37.0. The second-order valence-corrected chi connectivity index (χ2v) is 7.49. The van der Waals surface area contributed by atoms with Gasteiger partial charge in [-0.3, -0.25) is 14.6 Å². The van der Waals surface area contributed by atoms with E-state index in [0.717, 1.165) is 5.56 Å². The third-order valence-corrected chi connectivity index (χ3v) is 5.24. The first-order valence-electron chi connectivity index (χ1n) is 10.4. The molecule has 2 atom stereocenters. The molecule has 2 aliphatic heterocycles. The fourth-order valence-corrected chi connectivity index (χ4v) is 3.63. The number of nitrogens with zero attached hydrogens (tertiary/aromatic N) is 2. The highest BCUT2D eigenvalue weighted by atomic mass is 16.5. The number of amides is 2. The third-order valence-electron chi connectivity index (χ3n) is 5.24. The summed E-state index contributed by atoms with van der Waals surface area (Å²) in [6.45, 7) is 3.79. The van der Waals surface area contributed by atoms with Crippen LogP contribution in [0.4, 0.5) is 11.4 Å². The highest BCUT2D eigenvalue weighted by Crippen LogP contribution is 2.31. The number of carbonyl (C=O) groups excluding carboxylic acids is 3. The van der Waals surface area contributed by atoms with Gasteiger partial charge in [-0.1, -0.05) is 24.3 Å². The Morgan fingerprint density at radius 1 is 1.28 bits per heavy atom. The lowest BCUT2D eigenvalue weighted by Gasteiger charge is -2.25. The molecular formula is C23H24N4O5. The molecule has 0 aromatic heterocycles. The van der Waals surface area contributed by atoms with Gasteiger partial charge in [-0.25, -0.2) is 4.79 Å². The number of nitrogens with one attached hydrogen (secondary N) is 2. The Hall–Kier alpha value is -3.88. The van der Waals surface area contributed by atoms with Gasteiger partial charge in [0.2, 0.25) is 5.91 Å². The van der Waals surface area contributed by atoms with E-state index in [0.29, 0.717) is 17.1 Å². The lowest BCUT2D eigenvalue weighted by molar-refractivity contribution is -0.135. The molecule has 166 valence electrons. The second-order valence-electron chi connectivity index (χ2n) is 7.49. The van der Waals surface area contributed by atoms with Crippen molar-refractivity contribution in [2.75, 3.05) is 23.5 Å². The Morgan fingerprint density at radius 2 is 2.06 bits per heavy atom. The van der Waals surface area contributed by atoms with Crippen LogP contribution in [-0.4, -0.2) is 42.8 Å². The number of fused-ring (bicyclic) bond motifs is 1. The summed E-state index contributed by atoms with van der Waals surface area (Å²) < 4.78 is 10.5. The summed E-state index contributed by atoms with van der Waals surface area (Å²) in [5.74, 6) is -0.436. The molecule has 2 heterocycles. The maximum absolute atomic E-state index is 13.2. The largest absolute Gasteiger partial charge is 0.482 e. The normalized spacial score (nSPS) is 18.1. The van der Waals surface area contributed by atoms with Crippen molar-refractivity contribution >= 4 is 34.9 Å². The zero-order valence-electron chi connectivity index (χ0n) is 17.8. The van der Waals surface area contributed by atoms with Gasteiger partial charge < -0.3 is 20.1 Å². The lowest BCUT2D eigenvalue weighted by atomic mass is 10.0. The smallest absolute Gasteiger partial charge is 0.354 e. The molecule has 9 heteroatoms. The summed E-state index contributed by atoms with van der Waals surface area (Å²) in [7, 11) is 0. The molecule has 0 fully saturated rings. The van der Waals surface area contributed by atoms with Crippen LogP contribution in [0.15, 0.2) is 53.6 Å². The van der Waals surface area contributed by atoms with E-state index in [1.54, 1.807) is 24.1 Å². The van der Waals surface area contributed by atoms with Crippen LogP contribution in [0, 0.1) is 0 Å². The number of esters is 1. The van der Waals surface area contributed by atoms with E-state index >= 15 is 0 Å². The minimum absolute atomic E-state index is 0.0154. The van der Waals surface area contributed by atoms with Gasteiger partial charge in [0.25, 0.3) is 5.91 Å². The van der Waals surface area contributed by atoms with E-state index in [-0.39, 0.29) is 43.2 Å². The van der Waals surface area contributed by atoms with E-state index in [9.17, 15) is 14.4 Å². The van der Waals surface area contributed by atoms with Gasteiger partial charge in [-0.15, -0.1) is 0 Å². The van der Waals surface area contributed by atoms with Gasteiger partial charge in [-0.2, -0.15) is 5.10 Å². The topological polar surface area (TPSA) is 109 Å². The van der Waals surface area contributed by atoms with Crippen molar-refractivity contribution in [3.63, 3.8) is 0 Å². The average molecular weight is 436 g/mol. The predicted octanol–water partition coefficient (Wildman–Crippen LogP) is 2.39. The number of hydrogen-bond donors (Lipinski definition) is 2. The maximum Gasteiger partial charge on any atom is 0.354 e. The van der Waals surface area contributed by atoms with E-state index in [4.69, 9.17) is 9.47 Å². The van der Waals surface area contributed by atoms with Crippen molar-refractivity contribution in [1.82, 2.24) is 5.32 Å². The van der Waals surface area contributed by atoms with Crippen LogP contribution >= 0.6 is 0 Å². The predicted molar refractivity (Wildman–Crippen MR) is 119 cm³/mol. The summed E-state index contributed by atoms with van der Waals surface area (Å²) >= 11 is 0. The van der Waals surface area contributed by atoms with Crippen LogP contribution in [-0.2, 0) is 19.1 Å². The minimum atomic E-state index is -0.695. The van der Waals surface area contributed by atoms with E-state index in [1.807, 2.05) is 43.3 Å². The van der Waals surface area contributed by atoms with Crippen LogP contribution in [0.3, 0.4) is 0 Å². The molecule has 0 bridgehead atoms. The van der Waals surface area contributed by atoms with Gasteiger partial charge in [0.05, 0.1) is 24.0 Å². The Bertz CT molecular complexity index is 1070. The number of hydrazone groups is 1. The van der Waals surface area contributed by atoms with Gasteiger partial charge in [-0.05, 0) is 43.7 Å². The Labute approximate surface area is 185 Å². The molecule has 2 aromatic carbocycles. The number of benzene rings is 2. The molecule has 9 nitrogen and oxygen atoms in total. The second kappa shape index (κ2) is 9.09. The first-order chi connectivity index (χ1) is 15.5. The summed E-state index contributed by atoms with van der Waals surface area (Å²) in [6.07, 6.45) is 0.139. The van der Waals surface area contributed by atoms with Crippen molar-refractivity contribution in [3.8, 4) is 5.75 Å². The summed E-state index contributed by atoms with van der Waals surface area (Å²) in [5.41, 5.74) is 2.28. The first-order valence-corrected chi connectivity index (χ1v) is 10.4. The van der Waals surface area contributed by atoms with Crippen LogP contribution in [0.1, 0.15) is 31.9 Å². The number of ether oxygens (including phenoxy) is 2. The minimum Gasteiger partial charge on any atom is -0.482 e. The molecule has 2 unspecified atom stereocenters. The Morgan fingerprint density at radius 3 is 2.81 bits per heavy atom. The third kappa shape index (κ3) is 4.41. The number of hydrogen-bond acceptors (Lipinski definition) is 7. The molecule has 32 heavy (non-hydrogen) atoms. The molecule has 0 saturated carbocycles. The zero-order chi connectivity index (χ0) is 22.7. The van der Waals surface area contributed by atoms with Crippen molar-refractivity contribution in [3.05, 3.63) is 54.1 Å². The van der Waals surface area contributed by atoms with E-state index in [2.05, 4.69) is 15.7 Å². The fourth-order valence-electron chi connectivity index (χ4n) is 3.63. The van der Waals surface area contributed by atoms with Crippen LogP contribution < -0.4 is 20.4 Å². The molecule has 0 aliphatic carbocycles. The Kier molecular flexibility index (Phi) is 6.07. The summed E-state index contributed by atoms with van der Waals surface area (Å²) in [6, 6.07) is 13.5. The van der Waals surface area contributed by atoms with Crippen molar-refractivity contribution in [2.45, 2.75) is 32.4 Å². The molecule has 2 amide bonds. The summed E-state index contributed by atoms with van der Waals surface area (Å²) in [5, 5.41) is 11.7. The molecule has 2 N–H and O–H groups in total. The zero-order valence-corrected chi connectivity index (χ0v) is 17.8. The molecule has 0 spiro atoms. The van der Waals surface area contributed by atoms with Crippen molar-refractivity contribution < 1.29 is 23.9 Å². The SMILES string of the molecule is CCOC(=O)C1=NN(c2ccccc2)C(C(=O)NC(C)c2ccc3c(c2)NC(=O)CO3)C1. The van der Waals surface area contributed by atoms with Crippen molar-refractivity contribution in [1.29, 1.82) is 0 Å². The van der Waals surface area contributed by atoms with Crippen LogP contribution in [0.25, 0.3) is 0 Å². The molecular weight excluding hydrogens is 412 g/mol. The number of carbonyl (C=O) groups is 3. The van der Waals surface area contributed by atoms with Gasteiger partial charge in [0.15, 0.2) is 6.61 Å². The quantitative estimate of drug-likeness (QED) is 0.673. The van der Waals surface area contributed by atoms with Crippen LogP contribution in [0.5, 0.6) is 5.75 Å². The molecule has 2 aliphatic rings. The Balaban J connectivity index is 1.52. The molecule has 4 rings (SSSR count). The standard InChI is InChI=1S/C23H24N4O5/c1-3-31-23(30)18-12-19(27(26-18)16-7-5-4-6-8-16)22(29)24-14(2)15-9-10-20-17(11-15)25-21(28)13-32-20/h4-11,14,19H,3,12-13H2,1-2H3,(H,24,29)(H,25,28). The monoisotopic (exact) mass is 436 g/mol. The molecule has 0 radical (unpaired) electrons. The lowest BCUT2D eigenvalue weighted by Crippen LogP contribution is -2.43. The highest BCUT2D eigenvalue weighted by Gasteiger charge is 2.37. The molecule has 2 aromatic rings. The van der Waals surface area contributed by atoms with Crippen LogP contribution in [0.2, 0.25) is 0 Å². The maximum atomic E-state index is 13.2. The number of rotatable bonds is 6. The number of anilines is 2. The molecule has 0 saturated heterocycles. The fraction of sp³-hybridized carbons (Fsp3) is 0.304. The van der Waals surface area contributed by atoms with Crippen molar-refractivity contribution in [2.24, 2.45) is 5.10 Å². The number of para-hydroxylation sites is 1. The van der Waals surface area contributed by atoms with Gasteiger partial charge in [0, 0.05) is 6.42 Å². The highest BCUT2D eigenvalue weighted by molar-refractivity contribution is 6.38. The van der Waals surface area contributed by atoms with E-state index < -0.39 is 12.0 Å². The first kappa shape index (κ1) is 21.4. The average Bonchev–Trinajstić information content (AvgIpc) is 3.25. The van der Waals surface area contributed by atoms with Gasteiger partial charge >= 0.3 is 5.97 Å². The van der Waals surface area contributed by atoms with Gasteiger partial charge in [0.1, 0.15) is 17.5 Å². The van der Waals surface area contributed by atoms with E-state index in [1.165, 1.54) is 0 Å².